The number of hydrogen-bond acceptors (Lipinski definition) is 5. The van der Waals surface area contributed by atoms with Gasteiger partial charge in [-0.1, -0.05) is 23.4 Å². The molecule has 0 aliphatic carbocycles. The fourth-order valence-electron chi connectivity index (χ4n) is 2.21. The van der Waals surface area contributed by atoms with Crippen molar-refractivity contribution in [3.8, 4) is 17.4 Å². The lowest BCUT2D eigenvalue weighted by molar-refractivity contribution is 0.127. The standard InChI is InChI=1S/C21H20FN3O3/c22-17-8-10-19(11-9-17)28-20-12-7-16(15-24-20)21(23)25-27-14-4-13-26-18-5-2-1-3-6-18/h1-3,5-12,15H,4,13-14H2,(H2,23,25). The number of amidine groups is 1. The van der Waals surface area contributed by atoms with Crippen molar-refractivity contribution in [1.82, 2.24) is 4.98 Å². The number of benzene rings is 2. The highest BCUT2D eigenvalue weighted by Crippen LogP contribution is 2.19. The van der Waals surface area contributed by atoms with Crippen LogP contribution in [0.5, 0.6) is 17.4 Å². The van der Waals surface area contributed by atoms with E-state index in [1.807, 2.05) is 30.3 Å². The van der Waals surface area contributed by atoms with E-state index in [0.29, 0.717) is 36.8 Å². The Bertz CT molecular complexity index is 885. The van der Waals surface area contributed by atoms with Gasteiger partial charge >= 0.3 is 0 Å². The number of rotatable bonds is 9. The summed E-state index contributed by atoms with van der Waals surface area (Å²) in [6.07, 6.45) is 2.20. The molecule has 0 spiro atoms. The van der Waals surface area contributed by atoms with Crippen LogP contribution in [-0.4, -0.2) is 24.0 Å². The van der Waals surface area contributed by atoms with Gasteiger partial charge in [0.2, 0.25) is 5.88 Å². The van der Waals surface area contributed by atoms with Crippen LogP contribution in [0.2, 0.25) is 0 Å². The van der Waals surface area contributed by atoms with E-state index in [2.05, 4.69) is 10.1 Å². The molecule has 0 fully saturated rings. The van der Waals surface area contributed by atoms with Gasteiger partial charge in [-0.3, -0.25) is 0 Å². The maximum atomic E-state index is 12.9. The summed E-state index contributed by atoms with van der Waals surface area (Å²) in [5, 5.41) is 3.88. The van der Waals surface area contributed by atoms with Crippen molar-refractivity contribution in [1.29, 1.82) is 0 Å². The number of nitrogens with two attached hydrogens (primary N) is 1. The Morgan fingerprint density at radius 1 is 0.929 bits per heavy atom. The van der Waals surface area contributed by atoms with Gasteiger partial charge in [0.15, 0.2) is 5.84 Å². The first-order chi connectivity index (χ1) is 13.7. The molecule has 0 aliphatic heterocycles. The third-order valence-electron chi connectivity index (χ3n) is 3.62. The fraction of sp³-hybridized carbons (Fsp3) is 0.143. The minimum atomic E-state index is -0.328. The molecule has 1 heterocycles. The van der Waals surface area contributed by atoms with E-state index >= 15 is 0 Å². The summed E-state index contributed by atoms with van der Waals surface area (Å²) in [6, 6.07) is 18.6. The van der Waals surface area contributed by atoms with Crippen LogP contribution in [0, 0.1) is 5.82 Å². The van der Waals surface area contributed by atoms with Gasteiger partial charge in [-0.25, -0.2) is 9.37 Å². The van der Waals surface area contributed by atoms with Crippen molar-refractivity contribution in [2.45, 2.75) is 6.42 Å². The summed E-state index contributed by atoms with van der Waals surface area (Å²) >= 11 is 0. The molecule has 3 aromatic rings. The highest BCUT2D eigenvalue weighted by atomic mass is 19.1. The van der Waals surface area contributed by atoms with E-state index < -0.39 is 0 Å². The van der Waals surface area contributed by atoms with Gasteiger partial charge in [0.25, 0.3) is 0 Å². The second kappa shape index (κ2) is 9.91. The summed E-state index contributed by atoms with van der Waals surface area (Å²) in [5.41, 5.74) is 6.50. The van der Waals surface area contributed by atoms with Crippen LogP contribution < -0.4 is 15.2 Å². The minimum absolute atomic E-state index is 0.213. The molecule has 144 valence electrons. The molecule has 3 rings (SSSR count). The van der Waals surface area contributed by atoms with Gasteiger partial charge in [0, 0.05) is 24.2 Å². The van der Waals surface area contributed by atoms with Crippen molar-refractivity contribution >= 4 is 5.84 Å². The summed E-state index contributed by atoms with van der Waals surface area (Å²) in [6.45, 7) is 0.906. The number of oxime groups is 1. The van der Waals surface area contributed by atoms with Gasteiger partial charge in [-0.05, 0) is 42.5 Å². The maximum Gasteiger partial charge on any atom is 0.219 e. The van der Waals surface area contributed by atoms with E-state index in [9.17, 15) is 4.39 Å². The lowest BCUT2D eigenvalue weighted by Gasteiger charge is -2.06. The molecule has 0 saturated carbocycles. The number of nitrogens with zero attached hydrogens (tertiary/aromatic N) is 2. The SMILES string of the molecule is N/C(=N/OCCCOc1ccccc1)c1ccc(Oc2ccc(F)cc2)nc1. The number of aromatic nitrogens is 1. The van der Waals surface area contributed by atoms with E-state index in [-0.39, 0.29) is 11.7 Å². The minimum Gasteiger partial charge on any atom is -0.493 e. The Labute approximate surface area is 162 Å². The molecular weight excluding hydrogens is 361 g/mol. The molecular formula is C21H20FN3O3. The van der Waals surface area contributed by atoms with Crippen LogP contribution in [0.15, 0.2) is 78.1 Å². The number of para-hydroxylation sites is 1. The average molecular weight is 381 g/mol. The molecule has 28 heavy (non-hydrogen) atoms. The highest BCUT2D eigenvalue weighted by molar-refractivity contribution is 5.96. The summed E-state index contributed by atoms with van der Waals surface area (Å²) in [4.78, 5) is 9.37. The van der Waals surface area contributed by atoms with Crippen molar-refractivity contribution in [2.24, 2.45) is 10.9 Å². The van der Waals surface area contributed by atoms with E-state index in [4.69, 9.17) is 20.0 Å². The van der Waals surface area contributed by atoms with Crippen LogP contribution >= 0.6 is 0 Å². The Morgan fingerprint density at radius 2 is 1.71 bits per heavy atom. The van der Waals surface area contributed by atoms with Crippen LogP contribution in [0.3, 0.4) is 0 Å². The van der Waals surface area contributed by atoms with E-state index in [0.717, 1.165) is 5.75 Å². The topological polar surface area (TPSA) is 79.0 Å². The molecule has 7 heteroatoms. The predicted octanol–water partition coefficient (Wildman–Crippen LogP) is 4.12. The van der Waals surface area contributed by atoms with Crippen molar-refractivity contribution in [3.63, 3.8) is 0 Å². The Hall–Kier alpha value is -3.61. The van der Waals surface area contributed by atoms with Crippen LogP contribution in [-0.2, 0) is 4.84 Å². The lowest BCUT2D eigenvalue weighted by atomic mass is 10.3. The normalized spacial score (nSPS) is 11.1. The second-order valence-corrected chi connectivity index (χ2v) is 5.77. The first-order valence-electron chi connectivity index (χ1n) is 8.74. The van der Waals surface area contributed by atoms with E-state index in [1.165, 1.54) is 30.5 Å². The zero-order chi connectivity index (χ0) is 19.6. The lowest BCUT2D eigenvalue weighted by Crippen LogP contribution is -2.14. The molecule has 0 unspecified atom stereocenters. The quantitative estimate of drug-likeness (QED) is 0.261. The molecule has 1 aromatic heterocycles. The summed E-state index contributed by atoms with van der Waals surface area (Å²) < 4.78 is 24.0. The molecule has 0 atom stereocenters. The second-order valence-electron chi connectivity index (χ2n) is 5.77. The molecule has 0 saturated heterocycles. The fourth-order valence-corrected chi connectivity index (χ4v) is 2.21. The van der Waals surface area contributed by atoms with Crippen molar-refractivity contribution in [3.05, 3.63) is 84.3 Å². The zero-order valence-electron chi connectivity index (χ0n) is 15.1. The molecule has 2 aromatic carbocycles. The first kappa shape index (κ1) is 19.2. The van der Waals surface area contributed by atoms with Gasteiger partial charge in [-0.2, -0.15) is 0 Å². The highest BCUT2D eigenvalue weighted by Gasteiger charge is 2.03. The van der Waals surface area contributed by atoms with E-state index in [1.54, 1.807) is 12.1 Å². The molecule has 2 N–H and O–H groups in total. The zero-order valence-corrected chi connectivity index (χ0v) is 15.1. The smallest absolute Gasteiger partial charge is 0.219 e. The summed E-state index contributed by atoms with van der Waals surface area (Å²) in [5.74, 6) is 1.56. The number of pyridine rings is 1. The van der Waals surface area contributed by atoms with Crippen LogP contribution in [0.1, 0.15) is 12.0 Å². The number of halogens is 1. The molecule has 0 aliphatic rings. The molecule has 0 bridgehead atoms. The van der Waals surface area contributed by atoms with Gasteiger partial charge in [0.05, 0.1) is 6.61 Å². The summed E-state index contributed by atoms with van der Waals surface area (Å²) in [7, 11) is 0. The van der Waals surface area contributed by atoms with Gasteiger partial charge in [0.1, 0.15) is 23.9 Å². The average Bonchev–Trinajstić information content (AvgIpc) is 2.73. The monoisotopic (exact) mass is 381 g/mol. The molecule has 0 amide bonds. The van der Waals surface area contributed by atoms with Gasteiger partial charge < -0.3 is 20.0 Å². The third-order valence-corrected chi connectivity index (χ3v) is 3.62. The number of ether oxygens (including phenoxy) is 2. The van der Waals surface area contributed by atoms with Gasteiger partial charge in [-0.15, -0.1) is 0 Å². The largest absolute Gasteiger partial charge is 0.493 e. The molecule has 0 radical (unpaired) electrons. The first-order valence-corrected chi connectivity index (χ1v) is 8.74. The number of hydrogen-bond donors (Lipinski definition) is 1. The maximum absolute atomic E-state index is 12.9. The van der Waals surface area contributed by atoms with Crippen molar-refractivity contribution in [2.75, 3.05) is 13.2 Å². The Kier molecular flexibility index (Phi) is 6.78. The Balaban J connectivity index is 1.42. The Morgan fingerprint density at radius 3 is 2.43 bits per heavy atom. The third kappa shape index (κ3) is 5.98. The van der Waals surface area contributed by atoms with Crippen molar-refractivity contribution < 1.29 is 18.7 Å². The van der Waals surface area contributed by atoms with Crippen LogP contribution in [0.4, 0.5) is 4.39 Å². The van der Waals surface area contributed by atoms with Crippen LogP contribution in [0.25, 0.3) is 0 Å². The molecule has 6 nitrogen and oxygen atoms in total. The predicted molar refractivity (Wildman–Crippen MR) is 104 cm³/mol.